The van der Waals surface area contributed by atoms with E-state index >= 15 is 0 Å². The van der Waals surface area contributed by atoms with Crippen LogP contribution in [0.15, 0.2) is 29.3 Å². The van der Waals surface area contributed by atoms with Gasteiger partial charge < -0.3 is 19.7 Å². The first-order chi connectivity index (χ1) is 12.5. The normalized spacial score (nSPS) is 17.5. The quantitative estimate of drug-likeness (QED) is 0.353. The van der Waals surface area contributed by atoms with Gasteiger partial charge in [-0.1, -0.05) is 19.3 Å². The zero-order chi connectivity index (χ0) is 18.8. The molecule has 0 saturated heterocycles. The molecule has 2 N–H and O–H groups in total. The molecule has 6 heteroatoms. The number of hydrogen-bond donors (Lipinski definition) is 0. The predicted molar refractivity (Wildman–Crippen MR) is 108 cm³/mol. The number of benzene rings is 1. The summed E-state index contributed by atoms with van der Waals surface area (Å²) >= 11 is 0. The Morgan fingerprint density at radius 2 is 1.88 bits per heavy atom. The molecule has 1 atom stereocenters. The predicted octanol–water partition coefficient (Wildman–Crippen LogP) is 2.17. The molecule has 1 aliphatic rings. The van der Waals surface area contributed by atoms with Gasteiger partial charge in [-0.15, -0.1) is 0 Å². The van der Waals surface area contributed by atoms with Crippen LogP contribution < -0.4 is 9.84 Å². The van der Waals surface area contributed by atoms with Crippen LogP contribution >= 0.6 is 0 Å². The molecule has 1 saturated carbocycles. The summed E-state index contributed by atoms with van der Waals surface area (Å²) in [5.74, 6) is 1.50. The van der Waals surface area contributed by atoms with Crippen LogP contribution in [0.3, 0.4) is 0 Å². The van der Waals surface area contributed by atoms with Crippen molar-refractivity contribution in [3.8, 4) is 5.75 Å². The lowest BCUT2D eigenvalue weighted by molar-refractivity contribution is -0.217. The van der Waals surface area contributed by atoms with Crippen LogP contribution in [0, 0.1) is 0 Å². The van der Waals surface area contributed by atoms with Crippen LogP contribution in [0.1, 0.15) is 38.5 Å². The van der Waals surface area contributed by atoms with Gasteiger partial charge in [-0.3, -0.25) is 4.99 Å². The fourth-order valence-corrected chi connectivity index (χ4v) is 3.42. The monoisotopic (exact) mass is 382 g/mol. The second kappa shape index (κ2) is 11.5. The summed E-state index contributed by atoms with van der Waals surface area (Å²) in [5.41, 5.74) is 0.650. The summed E-state index contributed by atoms with van der Waals surface area (Å²) in [6.45, 7) is 0.723. The molecule has 2 rings (SSSR count). The third-order valence-electron chi connectivity index (χ3n) is 4.35. The molecule has 0 aromatic heterocycles. The second-order valence-corrected chi connectivity index (χ2v) is 9.42. The summed E-state index contributed by atoms with van der Waals surface area (Å²) < 4.78 is 11.5. The van der Waals surface area contributed by atoms with Crippen molar-refractivity contribution in [2.75, 3.05) is 31.5 Å². The minimum Gasteiger partial charge on any atom is -0.862 e. The highest BCUT2D eigenvalue weighted by atomic mass is 32.2. The van der Waals surface area contributed by atoms with E-state index in [9.17, 15) is 5.11 Å². The highest BCUT2D eigenvalue weighted by Gasteiger charge is 2.17. The molecule has 0 radical (unpaired) electrons. The van der Waals surface area contributed by atoms with Gasteiger partial charge in [0.1, 0.15) is 18.1 Å². The molecule has 0 amide bonds. The van der Waals surface area contributed by atoms with Crippen molar-refractivity contribution < 1.29 is 19.7 Å². The maximum absolute atomic E-state index is 11.8. The van der Waals surface area contributed by atoms with Gasteiger partial charge in [0.2, 0.25) is 6.10 Å². The fraction of sp³-hybridized carbons (Fsp3) is 0.650. The molecule has 1 aromatic carbocycles. The summed E-state index contributed by atoms with van der Waals surface area (Å²) in [6, 6.07) is 7.15. The third kappa shape index (κ3) is 8.43. The molecular weight excluding hydrogens is 350 g/mol. The fourth-order valence-electron chi connectivity index (χ4n) is 2.84. The molecule has 0 bridgehead atoms. The van der Waals surface area contributed by atoms with Gasteiger partial charge in [-0.05, 0) is 53.9 Å². The van der Waals surface area contributed by atoms with Crippen molar-refractivity contribution in [2.45, 2.75) is 50.7 Å². The Labute approximate surface area is 159 Å². The lowest BCUT2D eigenvalue weighted by Crippen LogP contribution is -2.27. The van der Waals surface area contributed by atoms with E-state index in [2.05, 4.69) is 17.5 Å². The number of aliphatic imine (C=N–C) groups is 1. The maximum atomic E-state index is 11.8. The highest BCUT2D eigenvalue weighted by molar-refractivity contribution is 7.95. The van der Waals surface area contributed by atoms with Crippen molar-refractivity contribution in [3.05, 3.63) is 24.3 Å². The van der Waals surface area contributed by atoms with Crippen LogP contribution in [0.2, 0.25) is 0 Å². The summed E-state index contributed by atoms with van der Waals surface area (Å²) in [4.78, 5) is 4.10. The second-order valence-electron chi connectivity index (χ2n) is 7.04. The number of hydrogen-bond acceptors (Lipinski definition) is 4. The van der Waals surface area contributed by atoms with Crippen molar-refractivity contribution >= 4 is 22.5 Å². The Hall–Kier alpha value is -1.24. The molecule has 0 spiro atoms. The summed E-state index contributed by atoms with van der Waals surface area (Å²) in [6.07, 6.45) is 10.7. The van der Waals surface area contributed by atoms with Gasteiger partial charge in [-0.25, -0.2) is 0 Å². The van der Waals surface area contributed by atoms with E-state index in [1.165, 1.54) is 19.3 Å². The van der Waals surface area contributed by atoms with Crippen molar-refractivity contribution in [1.82, 2.24) is 0 Å². The first-order valence-corrected chi connectivity index (χ1v) is 11.6. The van der Waals surface area contributed by atoms with E-state index in [0.29, 0.717) is 37.2 Å². The molecule has 0 aliphatic heterocycles. The number of ether oxygens (including phenoxy) is 2. The summed E-state index contributed by atoms with van der Waals surface area (Å²) in [7, 11) is 0.262. The topological polar surface area (TPSA) is 76.8 Å². The van der Waals surface area contributed by atoms with Gasteiger partial charge in [0.25, 0.3) is 0 Å². The van der Waals surface area contributed by atoms with Gasteiger partial charge >= 0.3 is 0 Å². The molecule has 1 aromatic rings. The molecule has 1 fully saturated rings. The smallest absolute Gasteiger partial charge is 0.212 e. The minimum absolute atomic E-state index is 0.0778. The van der Waals surface area contributed by atoms with Gasteiger partial charge in [0.05, 0.1) is 24.3 Å². The average Bonchev–Trinajstić information content (AvgIpc) is 2.65. The molecule has 1 aliphatic carbocycles. The van der Waals surface area contributed by atoms with Crippen LogP contribution in [0.4, 0.5) is 5.69 Å². The molecule has 26 heavy (non-hydrogen) atoms. The third-order valence-corrected chi connectivity index (χ3v) is 5.37. The van der Waals surface area contributed by atoms with Crippen molar-refractivity contribution in [2.24, 2.45) is 4.99 Å². The van der Waals surface area contributed by atoms with Gasteiger partial charge in [0.15, 0.2) is 6.61 Å². The summed E-state index contributed by atoms with van der Waals surface area (Å²) in [5, 5.41) is 19.8. The van der Waals surface area contributed by atoms with Crippen LogP contribution in [-0.2, 0) is 15.6 Å². The van der Waals surface area contributed by atoms with Crippen LogP contribution in [0.5, 0.6) is 5.75 Å². The number of nitrogens with zero attached hydrogens (tertiary/aromatic N) is 1. The standard InChI is InChI=1S/C20H31NO4S/c1-26(2)13-12-20(23)21-16-8-10-19(11-9-16)25-15-17(22)14-24-18-6-4-3-5-7-18/h8-11,17-18,22H,3-7,12-15H2,1-2H3/p+1/t17-/m1/s1. The largest absolute Gasteiger partial charge is 0.862 e. The molecule has 0 unspecified atom stereocenters. The van der Waals surface area contributed by atoms with Crippen molar-refractivity contribution in [1.29, 1.82) is 0 Å². The van der Waals surface area contributed by atoms with E-state index in [0.717, 1.165) is 18.6 Å². The Morgan fingerprint density at radius 1 is 1.19 bits per heavy atom. The van der Waals surface area contributed by atoms with E-state index < -0.39 is 0 Å². The van der Waals surface area contributed by atoms with Gasteiger partial charge in [-0.2, -0.15) is 0 Å². The Balaban J connectivity index is 1.70. The Kier molecular flexibility index (Phi) is 9.29. The van der Waals surface area contributed by atoms with E-state index in [1.54, 1.807) is 24.3 Å². The van der Waals surface area contributed by atoms with Crippen LogP contribution in [0.25, 0.3) is 0 Å². The van der Waals surface area contributed by atoms with E-state index in [-0.39, 0.29) is 22.9 Å². The minimum atomic E-state index is -0.389. The van der Waals surface area contributed by atoms with Crippen LogP contribution in [-0.4, -0.2) is 54.7 Å². The van der Waals surface area contributed by atoms with E-state index in [4.69, 9.17) is 14.6 Å². The SMILES string of the molecule is C[S+](C)CCC([O-])=Nc1ccc(OC[C@H]([OH2+])COC2CCCCC2)cc1. The zero-order valence-corrected chi connectivity index (χ0v) is 16.7. The first-order valence-electron chi connectivity index (χ1n) is 9.37. The maximum Gasteiger partial charge on any atom is 0.212 e. The Morgan fingerprint density at radius 3 is 2.54 bits per heavy atom. The lowest BCUT2D eigenvalue weighted by Gasteiger charge is -2.22. The highest BCUT2D eigenvalue weighted by Crippen LogP contribution is 2.21. The van der Waals surface area contributed by atoms with E-state index in [1.807, 2.05) is 0 Å². The molecule has 146 valence electrons. The average molecular weight is 383 g/mol. The lowest BCUT2D eigenvalue weighted by atomic mass is 9.98. The van der Waals surface area contributed by atoms with Crippen molar-refractivity contribution in [3.63, 3.8) is 0 Å². The zero-order valence-electron chi connectivity index (χ0n) is 15.9. The Bertz CT molecular complexity index is 541. The molecule has 0 heterocycles. The first kappa shape index (κ1) is 21.1. The molecule has 5 nitrogen and oxygen atoms in total. The number of rotatable bonds is 10. The molecular formula is C20H32NO4S+. The van der Waals surface area contributed by atoms with Gasteiger partial charge in [0, 0.05) is 6.42 Å².